The number of rotatable bonds is 3. The van der Waals surface area contributed by atoms with Gasteiger partial charge in [0.05, 0.1) is 0 Å². The fourth-order valence-electron chi connectivity index (χ4n) is 0.605. The van der Waals surface area contributed by atoms with Crippen molar-refractivity contribution in [1.29, 1.82) is 0 Å². The van der Waals surface area contributed by atoms with Gasteiger partial charge in [-0.1, -0.05) is 20.3 Å². The Labute approximate surface area is 63.8 Å². The van der Waals surface area contributed by atoms with Crippen molar-refractivity contribution in [1.82, 2.24) is 0 Å². The van der Waals surface area contributed by atoms with Crippen LogP contribution in [0.2, 0.25) is 0 Å². The van der Waals surface area contributed by atoms with E-state index in [1.807, 2.05) is 0 Å². The van der Waals surface area contributed by atoms with Gasteiger partial charge >= 0.3 is 6.98 Å². The summed E-state index contributed by atoms with van der Waals surface area (Å²) in [6.07, 6.45) is 0.0189. The van der Waals surface area contributed by atoms with Crippen molar-refractivity contribution < 1.29 is 12.9 Å². The number of hydrogen-bond acceptors (Lipinski definition) is 0. The summed E-state index contributed by atoms with van der Waals surface area (Å²) >= 11 is 5.05. The minimum Gasteiger partial charge on any atom is -0.448 e. The van der Waals surface area contributed by atoms with Crippen LogP contribution in [0.15, 0.2) is 0 Å². The van der Waals surface area contributed by atoms with E-state index in [9.17, 15) is 12.9 Å². The van der Waals surface area contributed by atoms with Gasteiger partial charge in [-0.05, 0) is 5.92 Å². The molecule has 0 aliphatic rings. The second-order valence-electron chi connectivity index (χ2n) is 2.77. The summed E-state index contributed by atoms with van der Waals surface area (Å²) in [5, 5.41) is -1.63. The van der Waals surface area contributed by atoms with E-state index in [0.29, 0.717) is 0 Å². The maximum Gasteiger partial charge on any atom is 0.495 e. The Morgan fingerprint density at radius 3 is 1.80 bits per heavy atom. The van der Waals surface area contributed by atoms with Crippen LogP contribution in [-0.4, -0.2) is 12.3 Å². The zero-order valence-corrected chi connectivity index (χ0v) is 6.71. The highest BCUT2D eigenvalue weighted by Gasteiger charge is 2.33. The van der Waals surface area contributed by atoms with Crippen molar-refractivity contribution in [3.63, 3.8) is 0 Å². The second-order valence-corrected chi connectivity index (χ2v) is 3.33. The first-order chi connectivity index (χ1) is 4.34. The SMILES string of the molecule is CC(C)CC(Cl)[B-](F)(F)F. The maximum absolute atomic E-state index is 11.7. The lowest BCUT2D eigenvalue weighted by Gasteiger charge is -2.21. The standard InChI is InChI=1S/C5H10BClF3/c1-4(2)3-5(7)6(8,9)10/h4-5H,3H2,1-2H3/q-1. The predicted molar refractivity (Wildman–Crippen MR) is 38.2 cm³/mol. The van der Waals surface area contributed by atoms with Crippen molar-refractivity contribution >= 4 is 18.6 Å². The number of hydrogen-bond donors (Lipinski definition) is 0. The van der Waals surface area contributed by atoms with Gasteiger partial charge in [-0.25, -0.2) is 0 Å². The molecule has 0 rings (SSSR count). The Balaban J connectivity index is 3.73. The molecule has 0 fully saturated rings. The Bertz CT molecular complexity index is 102. The van der Waals surface area contributed by atoms with E-state index in [-0.39, 0.29) is 12.3 Å². The molecule has 10 heavy (non-hydrogen) atoms. The molecule has 0 heterocycles. The molecule has 0 aromatic carbocycles. The van der Waals surface area contributed by atoms with Crippen LogP contribution in [0.4, 0.5) is 12.9 Å². The molecule has 1 atom stereocenters. The molecule has 0 aromatic rings. The first-order valence-corrected chi connectivity index (χ1v) is 3.61. The van der Waals surface area contributed by atoms with Gasteiger partial charge in [0.25, 0.3) is 0 Å². The summed E-state index contributed by atoms with van der Waals surface area (Å²) < 4.78 is 35.2. The van der Waals surface area contributed by atoms with Gasteiger partial charge in [0.15, 0.2) is 0 Å². The van der Waals surface area contributed by atoms with Crippen LogP contribution in [0.5, 0.6) is 0 Å². The number of halogens is 4. The average molecular weight is 173 g/mol. The third-order valence-electron chi connectivity index (χ3n) is 1.11. The smallest absolute Gasteiger partial charge is 0.448 e. The molecule has 0 aliphatic carbocycles. The third kappa shape index (κ3) is 4.04. The molecule has 0 nitrogen and oxygen atoms in total. The topological polar surface area (TPSA) is 0 Å². The summed E-state index contributed by atoms with van der Waals surface area (Å²) in [5.41, 5.74) is 0. The van der Waals surface area contributed by atoms with Crippen molar-refractivity contribution in [2.45, 2.75) is 25.5 Å². The molecule has 0 radical (unpaired) electrons. The molecular formula is C5H10BClF3-. The lowest BCUT2D eigenvalue weighted by atomic mass is 9.81. The average Bonchev–Trinajstić information content (AvgIpc) is 1.60. The Kier molecular flexibility index (Phi) is 3.56. The van der Waals surface area contributed by atoms with Crippen LogP contribution in [0.1, 0.15) is 20.3 Å². The van der Waals surface area contributed by atoms with Crippen LogP contribution < -0.4 is 0 Å². The monoisotopic (exact) mass is 173 g/mol. The third-order valence-corrected chi connectivity index (χ3v) is 1.57. The van der Waals surface area contributed by atoms with Crippen LogP contribution in [0.3, 0.4) is 0 Å². The van der Waals surface area contributed by atoms with Gasteiger partial charge in [0.2, 0.25) is 0 Å². The van der Waals surface area contributed by atoms with Crippen molar-refractivity contribution in [3.8, 4) is 0 Å². The molecule has 0 N–H and O–H groups in total. The first-order valence-electron chi connectivity index (χ1n) is 3.18. The number of alkyl halides is 1. The van der Waals surface area contributed by atoms with Gasteiger partial charge in [-0.2, -0.15) is 11.6 Å². The lowest BCUT2D eigenvalue weighted by Crippen LogP contribution is -2.31. The first kappa shape index (κ1) is 10.1. The molecule has 0 bridgehead atoms. The summed E-state index contributed by atoms with van der Waals surface area (Å²) in [4.78, 5) is 0. The Hall–Kier alpha value is 0.145. The summed E-state index contributed by atoms with van der Waals surface area (Å²) in [7, 11) is 0. The van der Waals surface area contributed by atoms with E-state index in [4.69, 9.17) is 11.6 Å². The zero-order chi connectivity index (χ0) is 8.36. The highest BCUT2D eigenvalue weighted by atomic mass is 35.5. The fraction of sp³-hybridized carbons (Fsp3) is 1.00. The normalized spacial score (nSPS) is 15.9. The molecular weight excluding hydrogens is 163 g/mol. The maximum atomic E-state index is 11.7. The molecule has 5 heteroatoms. The van der Waals surface area contributed by atoms with Gasteiger partial charge in [0.1, 0.15) is 0 Å². The minimum atomic E-state index is -4.84. The lowest BCUT2D eigenvalue weighted by molar-refractivity contribution is 0.440. The molecule has 0 amide bonds. The van der Waals surface area contributed by atoms with Crippen LogP contribution in [0, 0.1) is 5.92 Å². The van der Waals surface area contributed by atoms with E-state index in [1.165, 1.54) is 0 Å². The van der Waals surface area contributed by atoms with Crippen molar-refractivity contribution in [3.05, 3.63) is 0 Å². The van der Waals surface area contributed by atoms with Crippen molar-refractivity contribution in [2.24, 2.45) is 5.92 Å². The van der Waals surface area contributed by atoms with Gasteiger partial charge < -0.3 is 12.9 Å². The Morgan fingerprint density at radius 1 is 1.30 bits per heavy atom. The predicted octanol–water partition coefficient (Wildman–Crippen LogP) is 3.03. The summed E-state index contributed by atoms with van der Waals surface area (Å²) in [5.74, 6) is 0.00556. The quantitative estimate of drug-likeness (QED) is 0.454. The molecule has 1 unspecified atom stereocenters. The van der Waals surface area contributed by atoms with E-state index >= 15 is 0 Å². The van der Waals surface area contributed by atoms with Gasteiger partial charge in [-0.3, -0.25) is 0 Å². The molecule has 62 valence electrons. The minimum absolute atomic E-state index is 0.00556. The second kappa shape index (κ2) is 3.51. The summed E-state index contributed by atoms with van der Waals surface area (Å²) in [6.45, 7) is -1.40. The van der Waals surface area contributed by atoms with E-state index in [2.05, 4.69) is 0 Å². The van der Waals surface area contributed by atoms with Gasteiger partial charge in [-0.15, -0.1) is 0 Å². The molecule has 0 aromatic heterocycles. The summed E-state index contributed by atoms with van der Waals surface area (Å²) in [6, 6.07) is 0. The highest BCUT2D eigenvalue weighted by molar-refractivity contribution is 6.69. The fourth-order valence-corrected chi connectivity index (χ4v) is 0.961. The molecule has 0 spiro atoms. The van der Waals surface area contributed by atoms with E-state index < -0.39 is 12.3 Å². The molecule has 0 saturated heterocycles. The van der Waals surface area contributed by atoms with Crippen LogP contribution in [-0.2, 0) is 0 Å². The van der Waals surface area contributed by atoms with Crippen LogP contribution >= 0.6 is 11.6 Å². The van der Waals surface area contributed by atoms with Crippen molar-refractivity contribution in [2.75, 3.05) is 0 Å². The van der Waals surface area contributed by atoms with Crippen LogP contribution in [0.25, 0.3) is 0 Å². The molecule has 0 aliphatic heterocycles. The van der Waals surface area contributed by atoms with Gasteiger partial charge in [0, 0.05) is 5.28 Å². The zero-order valence-electron chi connectivity index (χ0n) is 5.95. The Morgan fingerprint density at radius 2 is 1.70 bits per heavy atom. The van der Waals surface area contributed by atoms with E-state index in [1.54, 1.807) is 13.8 Å². The van der Waals surface area contributed by atoms with E-state index in [0.717, 1.165) is 0 Å². The highest BCUT2D eigenvalue weighted by Crippen LogP contribution is 2.24. The molecule has 0 saturated carbocycles. The largest absolute Gasteiger partial charge is 0.495 e.